The van der Waals surface area contributed by atoms with Gasteiger partial charge in [-0.1, -0.05) is 43.0 Å². The average Bonchev–Trinajstić information content (AvgIpc) is 3.21. The summed E-state index contributed by atoms with van der Waals surface area (Å²) in [7, 11) is 0. The van der Waals surface area contributed by atoms with Crippen molar-refractivity contribution in [3.05, 3.63) is 41.7 Å². The molecule has 1 saturated heterocycles. The molecule has 6 nitrogen and oxygen atoms in total. The number of rotatable bonds is 11. The summed E-state index contributed by atoms with van der Waals surface area (Å²) in [4.78, 5) is 24.1. The zero-order valence-electron chi connectivity index (χ0n) is 17.7. The predicted molar refractivity (Wildman–Crippen MR) is 119 cm³/mol. The van der Waals surface area contributed by atoms with Crippen LogP contribution in [-0.2, 0) is 10.3 Å². The third-order valence-electron chi connectivity index (χ3n) is 6.20. The number of hydrogen-bond acceptors (Lipinski definition) is 5. The van der Waals surface area contributed by atoms with Crippen molar-refractivity contribution in [1.82, 2.24) is 14.9 Å². The molecule has 0 aromatic heterocycles. The fraction of sp³-hybridized carbons (Fsp3) is 0.565. The first-order chi connectivity index (χ1) is 15.1. The molecule has 1 heterocycles. The standard InChI is InChI=1S/C23H30FN3O3S/c24-19-9-8-18(14-20(19)30-16-17-6-2-3-7-17)23(10-11-23)26-31-13-5-1-4-12-27-15-21(28)25-22(27)29/h1,4,8-9,14,17,26H,2-3,5-7,10-13,15-16H2,(H,25,28,29)/b4-1+. The summed E-state index contributed by atoms with van der Waals surface area (Å²) in [6.07, 6.45) is 11.7. The van der Waals surface area contributed by atoms with Gasteiger partial charge in [0, 0.05) is 12.3 Å². The van der Waals surface area contributed by atoms with Crippen molar-refractivity contribution in [3.8, 4) is 5.75 Å². The van der Waals surface area contributed by atoms with Crippen molar-refractivity contribution in [2.24, 2.45) is 5.92 Å². The van der Waals surface area contributed by atoms with Crippen molar-refractivity contribution in [1.29, 1.82) is 0 Å². The summed E-state index contributed by atoms with van der Waals surface area (Å²) >= 11 is 1.66. The zero-order valence-corrected chi connectivity index (χ0v) is 18.5. The number of carbonyl (C=O) groups excluding carboxylic acids is 2. The van der Waals surface area contributed by atoms with E-state index in [1.807, 2.05) is 24.3 Å². The fourth-order valence-electron chi connectivity index (χ4n) is 4.14. The molecule has 168 valence electrons. The minimum absolute atomic E-state index is 0.0957. The molecule has 3 aliphatic rings. The van der Waals surface area contributed by atoms with Gasteiger partial charge in [0.05, 0.1) is 12.1 Å². The van der Waals surface area contributed by atoms with Gasteiger partial charge in [-0.15, -0.1) is 0 Å². The van der Waals surface area contributed by atoms with Gasteiger partial charge >= 0.3 is 6.03 Å². The second-order valence-corrected chi connectivity index (χ2v) is 9.53. The van der Waals surface area contributed by atoms with Crippen molar-refractivity contribution in [2.45, 2.75) is 50.5 Å². The van der Waals surface area contributed by atoms with E-state index in [9.17, 15) is 14.0 Å². The minimum Gasteiger partial charge on any atom is -0.490 e. The number of benzene rings is 1. The molecule has 0 bridgehead atoms. The Hall–Kier alpha value is -2.06. The maximum absolute atomic E-state index is 14.2. The van der Waals surface area contributed by atoms with Crippen LogP contribution >= 0.6 is 11.9 Å². The van der Waals surface area contributed by atoms with Gasteiger partial charge in [0.2, 0.25) is 5.91 Å². The van der Waals surface area contributed by atoms with E-state index in [4.69, 9.17) is 4.74 Å². The Morgan fingerprint density at radius 2 is 2.06 bits per heavy atom. The van der Waals surface area contributed by atoms with Crippen LogP contribution in [0.5, 0.6) is 5.75 Å². The highest BCUT2D eigenvalue weighted by Gasteiger charge is 2.44. The Bertz CT molecular complexity index is 837. The summed E-state index contributed by atoms with van der Waals surface area (Å²) in [6.45, 7) is 1.18. The normalized spacial score (nSPS) is 20.6. The molecule has 3 amide bonds. The average molecular weight is 448 g/mol. The van der Waals surface area contributed by atoms with Crippen LogP contribution in [-0.4, -0.2) is 42.3 Å². The van der Waals surface area contributed by atoms with E-state index in [-0.39, 0.29) is 29.8 Å². The Morgan fingerprint density at radius 1 is 1.26 bits per heavy atom. The van der Waals surface area contributed by atoms with E-state index < -0.39 is 0 Å². The van der Waals surface area contributed by atoms with Crippen molar-refractivity contribution < 1.29 is 18.7 Å². The summed E-state index contributed by atoms with van der Waals surface area (Å²) < 4.78 is 23.6. The second-order valence-electron chi connectivity index (χ2n) is 8.63. The Labute approximate surface area is 187 Å². The number of urea groups is 1. The van der Waals surface area contributed by atoms with Crippen molar-refractivity contribution in [3.63, 3.8) is 0 Å². The number of halogens is 1. The van der Waals surface area contributed by atoms with Crippen LogP contribution in [0.1, 0.15) is 50.5 Å². The zero-order chi connectivity index (χ0) is 21.7. The highest BCUT2D eigenvalue weighted by Crippen LogP contribution is 2.48. The third kappa shape index (κ3) is 5.80. The molecule has 2 N–H and O–H groups in total. The summed E-state index contributed by atoms with van der Waals surface area (Å²) in [6, 6.07) is 4.92. The Kier molecular flexibility index (Phi) is 7.17. The van der Waals surface area contributed by atoms with Crippen LogP contribution in [0.3, 0.4) is 0 Å². The van der Waals surface area contributed by atoms with Gasteiger partial charge in [0.1, 0.15) is 6.54 Å². The maximum atomic E-state index is 14.2. The monoisotopic (exact) mass is 447 g/mol. The lowest BCUT2D eigenvalue weighted by Crippen LogP contribution is -2.28. The smallest absolute Gasteiger partial charge is 0.324 e. The molecule has 8 heteroatoms. The van der Waals surface area contributed by atoms with Gasteiger partial charge in [-0.25, -0.2) is 9.18 Å². The lowest BCUT2D eigenvalue weighted by molar-refractivity contribution is -0.118. The number of ether oxygens (including phenoxy) is 1. The lowest BCUT2D eigenvalue weighted by Gasteiger charge is -2.19. The van der Waals surface area contributed by atoms with Crippen LogP contribution in [0.2, 0.25) is 0 Å². The summed E-state index contributed by atoms with van der Waals surface area (Å²) in [5.74, 6) is 1.27. The SMILES string of the molecule is O=C1CN(C/C=C/CCSNC2(c3ccc(F)c(OCC4CCCC4)c3)CC2)C(=O)N1. The molecule has 1 aromatic rings. The largest absolute Gasteiger partial charge is 0.490 e. The molecule has 1 aliphatic heterocycles. The first kappa shape index (κ1) is 22.1. The van der Waals surface area contributed by atoms with E-state index in [2.05, 4.69) is 10.0 Å². The van der Waals surface area contributed by atoms with Gasteiger partial charge in [-0.05, 0) is 55.7 Å². The molecule has 31 heavy (non-hydrogen) atoms. The fourth-order valence-corrected chi connectivity index (χ4v) is 5.09. The third-order valence-corrected chi connectivity index (χ3v) is 7.17. The highest BCUT2D eigenvalue weighted by atomic mass is 32.2. The van der Waals surface area contributed by atoms with Crippen molar-refractivity contribution >= 4 is 23.9 Å². The first-order valence-electron chi connectivity index (χ1n) is 11.1. The molecule has 0 unspecified atom stereocenters. The Balaban J connectivity index is 1.20. The molecule has 1 aromatic carbocycles. The number of carbonyl (C=O) groups is 2. The van der Waals surface area contributed by atoms with Crippen LogP contribution in [0, 0.1) is 11.7 Å². The van der Waals surface area contributed by atoms with E-state index in [1.54, 1.807) is 11.9 Å². The highest BCUT2D eigenvalue weighted by molar-refractivity contribution is 7.97. The van der Waals surface area contributed by atoms with Gasteiger partial charge in [-0.3, -0.25) is 14.8 Å². The van der Waals surface area contributed by atoms with Gasteiger partial charge in [-0.2, -0.15) is 0 Å². The van der Waals surface area contributed by atoms with Gasteiger partial charge in [0.25, 0.3) is 0 Å². The van der Waals surface area contributed by atoms with E-state index in [0.29, 0.717) is 24.8 Å². The number of imide groups is 1. The first-order valence-corrected chi connectivity index (χ1v) is 12.1. The summed E-state index contributed by atoms with van der Waals surface area (Å²) in [5.41, 5.74) is 0.990. The number of nitrogens with zero attached hydrogens (tertiary/aromatic N) is 1. The minimum atomic E-state index is -0.327. The molecule has 0 spiro atoms. The molecular weight excluding hydrogens is 417 g/mol. The van der Waals surface area contributed by atoms with Gasteiger partial charge in [0.15, 0.2) is 11.6 Å². The number of hydrogen-bond donors (Lipinski definition) is 2. The predicted octanol–water partition coefficient (Wildman–Crippen LogP) is 4.12. The lowest BCUT2D eigenvalue weighted by atomic mass is 10.1. The second kappa shape index (κ2) is 10.0. The Morgan fingerprint density at radius 3 is 2.77 bits per heavy atom. The van der Waals surface area contributed by atoms with Gasteiger partial charge < -0.3 is 9.64 Å². The van der Waals surface area contributed by atoms with E-state index in [1.165, 1.54) is 36.6 Å². The van der Waals surface area contributed by atoms with Crippen molar-refractivity contribution in [2.75, 3.05) is 25.4 Å². The van der Waals surface area contributed by atoms with Crippen LogP contribution < -0.4 is 14.8 Å². The molecule has 2 saturated carbocycles. The number of nitrogens with one attached hydrogen (secondary N) is 2. The van der Waals surface area contributed by atoms with Crippen LogP contribution in [0.15, 0.2) is 30.4 Å². The number of allylic oxidation sites excluding steroid dienone is 1. The maximum Gasteiger partial charge on any atom is 0.324 e. The molecule has 3 fully saturated rings. The number of amides is 3. The van der Waals surface area contributed by atoms with E-state index >= 15 is 0 Å². The van der Waals surface area contributed by atoms with E-state index in [0.717, 1.165) is 30.6 Å². The molecular formula is C23H30FN3O3S. The molecule has 2 aliphatic carbocycles. The molecule has 0 radical (unpaired) electrons. The molecule has 4 rings (SSSR count). The summed E-state index contributed by atoms with van der Waals surface area (Å²) in [5, 5.41) is 2.26. The quantitative estimate of drug-likeness (QED) is 0.231. The topological polar surface area (TPSA) is 70.7 Å². The van der Waals surface area contributed by atoms with Crippen LogP contribution in [0.4, 0.5) is 9.18 Å². The van der Waals surface area contributed by atoms with Crippen LogP contribution in [0.25, 0.3) is 0 Å². The molecule has 0 atom stereocenters.